The maximum absolute atomic E-state index is 12.7. The van der Waals surface area contributed by atoms with Crippen molar-refractivity contribution in [1.82, 2.24) is 5.32 Å². The molecule has 3 heteroatoms. The first-order chi connectivity index (χ1) is 9.44. The molecule has 0 spiro atoms. The number of nitrogens with one attached hydrogen (secondary N) is 2. The Balaban J connectivity index is 2.23. The second-order valence-corrected chi connectivity index (χ2v) is 6.49. The zero-order valence-corrected chi connectivity index (χ0v) is 13.0. The predicted molar refractivity (Wildman–Crippen MR) is 84.1 cm³/mol. The van der Waals surface area contributed by atoms with E-state index in [2.05, 4.69) is 56.5 Å². The SMILES string of the molecule is Cc1cccc(C(C)C)c1NC(=O)C1(C)CCCNC1. The van der Waals surface area contributed by atoms with E-state index >= 15 is 0 Å². The normalized spacial score (nSPS) is 22.9. The van der Waals surface area contributed by atoms with E-state index in [9.17, 15) is 4.79 Å². The van der Waals surface area contributed by atoms with Gasteiger partial charge in [0.15, 0.2) is 0 Å². The number of hydrogen-bond donors (Lipinski definition) is 2. The van der Waals surface area contributed by atoms with Gasteiger partial charge in [-0.3, -0.25) is 4.79 Å². The number of aryl methyl sites for hydroxylation is 1. The molecular weight excluding hydrogens is 248 g/mol. The van der Waals surface area contributed by atoms with Crippen LogP contribution in [0, 0.1) is 12.3 Å². The summed E-state index contributed by atoms with van der Waals surface area (Å²) in [5.41, 5.74) is 3.05. The maximum atomic E-state index is 12.7. The van der Waals surface area contributed by atoms with Crippen molar-refractivity contribution in [2.45, 2.75) is 46.5 Å². The van der Waals surface area contributed by atoms with Crippen LogP contribution in [-0.2, 0) is 4.79 Å². The molecule has 20 heavy (non-hydrogen) atoms. The van der Waals surface area contributed by atoms with Crippen molar-refractivity contribution in [3.05, 3.63) is 29.3 Å². The Labute approximate surface area is 122 Å². The van der Waals surface area contributed by atoms with E-state index in [4.69, 9.17) is 0 Å². The Kier molecular flexibility index (Phi) is 4.48. The molecule has 0 bridgehead atoms. The van der Waals surface area contributed by atoms with Gasteiger partial charge in [0.1, 0.15) is 0 Å². The highest BCUT2D eigenvalue weighted by Crippen LogP contribution is 2.31. The summed E-state index contributed by atoms with van der Waals surface area (Å²) in [7, 11) is 0. The smallest absolute Gasteiger partial charge is 0.231 e. The number of carbonyl (C=O) groups is 1. The number of para-hydroxylation sites is 1. The van der Waals surface area contributed by atoms with Gasteiger partial charge in [0.05, 0.1) is 5.41 Å². The quantitative estimate of drug-likeness (QED) is 0.886. The van der Waals surface area contributed by atoms with E-state index in [1.54, 1.807) is 0 Å². The van der Waals surface area contributed by atoms with Crippen LogP contribution in [0.5, 0.6) is 0 Å². The van der Waals surface area contributed by atoms with Crippen LogP contribution in [0.2, 0.25) is 0 Å². The molecule has 0 radical (unpaired) electrons. The average Bonchev–Trinajstić information content (AvgIpc) is 2.41. The molecule has 1 fully saturated rings. The first-order valence-electron chi connectivity index (χ1n) is 7.56. The van der Waals surface area contributed by atoms with Crippen molar-refractivity contribution < 1.29 is 4.79 Å². The van der Waals surface area contributed by atoms with Crippen molar-refractivity contribution >= 4 is 11.6 Å². The summed E-state index contributed by atoms with van der Waals surface area (Å²) in [5.74, 6) is 0.545. The molecule has 110 valence electrons. The minimum absolute atomic E-state index is 0.140. The third-order valence-electron chi connectivity index (χ3n) is 4.31. The van der Waals surface area contributed by atoms with Crippen LogP contribution >= 0.6 is 0 Å². The molecule has 2 rings (SSSR count). The molecule has 0 aromatic heterocycles. The minimum atomic E-state index is -0.297. The van der Waals surface area contributed by atoms with Crippen molar-refractivity contribution in [1.29, 1.82) is 0 Å². The van der Waals surface area contributed by atoms with Gasteiger partial charge in [-0.05, 0) is 50.3 Å². The van der Waals surface area contributed by atoms with E-state index in [-0.39, 0.29) is 11.3 Å². The lowest BCUT2D eigenvalue weighted by Crippen LogP contribution is -2.46. The fraction of sp³-hybridized carbons (Fsp3) is 0.588. The number of anilines is 1. The number of rotatable bonds is 3. The molecule has 1 saturated heterocycles. The summed E-state index contributed by atoms with van der Waals surface area (Å²) in [6.07, 6.45) is 2.02. The van der Waals surface area contributed by atoms with Gasteiger partial charge >= 0.3 is 0 Å². The predicted octanol–water partition coefficient (Wildman–Crippen LogP) is 3.45. The number of amides is 1. The molecular formula is C17H26N2O. The van der Waals surface area contributed by atoms with Gasteiger partial charge in [-0.1, -0.05) is 32.0 Å². The first-order valence-corrected chi connectivity index (χ1v) is 7.56. The van der Waals surface area contributed by atoms with Crippen molar-refractivity contribution in [3.63, 3.8) is 0 Å². The van der Waals surface area contributed by atoms with Crippen LogP contribution in [0.25, 0.3) is 0 Å². The lowest BCUT2D eigenvalue weighted by molar-refractivity contribution is -0.125. The molecule has 1 aliphatic heterocycles. The monoisotopic (exact) mass is 274 g/mol. The largest absolute Gasteiger partial charge is 0.325 e. The Bertz CT molecular complexity index is 488. The zero-order valence-electron chi connectivity index (χ0n) is 13.0. The fourth-order valence-electron chi connectivity index (χ4n) is 2.86. The second-order valence-electron chi connectivity index (χ2n) is 6.49. The molecule has 3 nitrogen and oxygen atoms in total. The fourth-order valence-corrected chi connectivity index (χ4v) is 2.86. The van der Waals surface area contributed by atoms with E-state index in [0.717, 1.165) is 37.2 Å². The number of benzene rings is 1. The Morgan fingerprint density at radius 2 is 2.15 bits per heavy atom. The molecule has 1 unspecified atom stereocenters. The van der Waals surface area contributed by atoms with Crippen LogP contribution in [0.15, 0.2) is 18.2 Å². The lowest BCUT2D eigenvalue weighted by atomic mass is 9.81. The number of hydrogen-bond acceptors (Lipinski definition) is 2. The van der Waals surface area contributed by atoms with Crippen LogP contribution in [0.4, 0.5) is 5.69 Å². The summed E-state index contributed by atoms with van der Waals surface area (Å²) in [4.78, 5) is 12.7. The molecule has 1 atom stereocenters. The Morgan fingerprint density at radius 3 is 2.75 bits per heavy atom. The van der Waals surface area contributed by atoms with Crippen LogP contribution in [0.3, 0.4) is 0 Å². The lowest BCUT2D eigenvalue weighted by Gasteiger charge is -2.33. The number of piperidine rings is 1. The standard InChI is InChI=1S/C17H26N2O/c1-12(2)14-8-5-7-13(3)15(14)19-16(20)17(4)9-6-10-18-11-17/h5,7-8,12,18H,6,9-11H2,1-4H3,(H,19,20). The van der Waals surface area contributed by atoms with Crippen LogP contribution in [-0.4, -0.2) is 19.0 Å². The van der Waals surface area contributed by atoms with Crippen molar-refractivity contribution in [2.75, 3.05) is 18.4 Å². The molecule has 1 aromatic carbocycles. The summed E-state index contributed by atoms with van der Waals surface area (Å²) < 4.78 is 0. The van der Waals surface area contributed by atoms with E-state index < -0.39 is 0 Å². The minimum Gasteiger partial charge on any atom is -0.325 e. The second kappa shape index (κ2) is 5.96. The average molecular weight is 274 g/mol. The third kappa shape index (κ3) is 3.04. The van der Waals surface area contributed by atoms with Gasteiger partial charge < -0.3 is 10.6 Å². The Hall–Kier alpha value is -1.35. The van der Waals surface area contributed by atoms with E-state index in [1.165, 1.54) is 5.56 Å². The highest BCUT2D eigenvalue weighted by Gasteiger charge is 2.35. The molecule has 1 heterocycles. The molecule has 0 aliphatic carbocycles. The van der Waals surface area contributed by atoms with Gasteiger partial charge in [-0.25, -0.2) is 0 Å². The molecule has 0 saturated carbocycles. The van der Waals surface area contributed by atoms with E-state index in [0.29, 0.717) is 5.92 Å². The molecule has 1 amide bonds. The highest BCUT2D eigenvalue weighted by molar-refractivity contribution is 5.96. The van der Waals surface area contributed by atoms with Gasteiger partial charge in [0, 0.05) is 12.2 Å². The van der Waals surface area contributed by atoms with Gasteiger partial charge in [0.2, 0.25) is 5.91 Å². The van der Waals surface area contributed by atoms with Gasteiger partial charge in [0.25, 0.3) is 0 Å². The van der Waals surface area contributed by atoms with Crippen molar-refractivity contribution in [2.24, 2.45) is 5.41 Å². The Morgan fingerprint density at radius 1 is 1.40 bits per heavy atom. The molecule has 1 aromatic rings. The van der Waals surface area contributed by atoms with Crippen LogP contribution in [0.1, 0.15) is 50.7 Å². The zero-order chi connectivity index (χ0) is 14.8. The summed E-state index contributed by atoms with van der Waals surface area (Å²) in [6.45, 7) is 10.2. The maximum Gasteiger partial charge on any atom is 0.231 e. The van der Waals surface area contributed by atoms with E-state index in [1.807, 2.05) is 0 Å². The summed E-state index contributed by atoms with van der Waals surface area (Å²) >= 11 is 0. The summed E-state index contributed by atoms with van der Waals surface area (Å²) in [6, 6.07) is 6.22. The van der Waals surface area contributed by atoms with Crippen LogP contribution < -0.4 is 10.6 Å². The summed E-state index contributed by atoms with van der Waals surface area (Å²) in [5, 5.41) is 6.52. The highest BCUT2D eigenvalue weighted by atomic mass is 16.2. The van der Waals surface area contributed by atoms with Gasteiger partial charge in [-0.2, -0.15) is 0 Å². The topological polar surface area (TPSA) is 41.1 Å². The van der Waals surface area contributed by atoms with Gasteiger partial charge in [-0.15, -0.1) is 0 Å². The molecule has 2 N–H and O–H groups in total. The van der Waals surface area contributed by atoms with Crippen molar-refractivity contribution in [3.8, 4) is 0 Å². The molecule has 1 aliphatic rings. The third-order valence-corrected chi connectivity index (χ3v) is 4.31. The first kappa shape index (κ1) is 15.0. The number of carbonyl (C=O) groups excluding carboxylic acids is 1.